The Labute approximate surface area is 113 Å². The van der Waals surface area contributed by atoms with Crippen molar-refractivity contribution in [1.29, 1.82) is 0 Å². The normalized spacial score (nSPS) is 10.6. The van der Waals surface area contributed by atoms with E-state index in [0.29, 0.717) is 0 Å². The highest BCUT2D eigenvalue weighted by Gasteiger charge is 2.11. The quantitative estimate of drug-likeness (QED) is 0.646. The standard InChI is InChI=1S/C18H16O/c1-14-17(16-10-6-3-7-11-16)13-19-18(14)12-15-8-4-2-5-9-15/h2-11,13H,12H2,1H3. The first-order chi connectivity index (χ1) is 9.34. The fraction of sp³-hybridized carbons (Fsp3) is 0.111. The summed E-state index contributed by atoms with van der Waals surface area (Å²) in [6.45, 7) is 2.13. The van der Waals surface area contributed by atoms with Gasteiger partial charge in [0.1, 0.15) is 5.76 Å². The van der Waals surface area contributed by atoms with Crippen molar-refractivity contribution < 1.29 is 4.42 Å². The fourth-order valence-corrected chi connectivity index (χ4v) is 2.31. The second-order valence-corrected chi connectivity index (χ2v) is 4.73. The van der Waals surface area contributed by atoms with Gasteiger partial charge in [0.2, 0.25) is 0 Å². The number of hydrogen-bond acceptors (Lipinski definition) is 1. The van der Waals surface area contributed by atoms with Crippen LogP contribution in [0.5, 0.6) is 0 Å². The molecule has 0 saturated heterocycles. The van der Waals surface area contributed by atoms with Crippen LogP contribution in [0.15, 0.2) is 71.3 Å². The van der Waals surface area contributed by atoms with Crippen LogP contribution in [0.1, 0.15) is 16.9 Å². The third kappa shape index (κ3) is 2.45. The lowest BCUT2D eigenvalue weighted by atomic mass is 10.0. The molecule has 3 rings (SSSR count). The third-order valence-electron chi connectivity index (χ3n) is 3.43. The van der Waals surface area contributed by atoms with Gasteiger partial charge in [-0.05, 0) is 23.6 Å². The summed E-state index contributed by atoms with van der Waals surface area (Å²) in [5, 5.41) is 0. The molecule has 0 saturated carbocycles. The molecule has 0 amide bonds. The molecule has 0 aliphatic carbocycles. The van der Waals surface area contributed by atoms with E-state index in [1.165, 1.54) is 22.3 Å². The van der Waals surface area contributed by atoms with Crippen molar-refractivity contribution >= 4 is 0 Å². The van der Waals surface area contributed by atoms with Gasteiger partial charge in [-0.3, -0.25) is 0 Å². The van der Waals surface area contributed by atoms with Crippen LogP contribution in [-0.2, 0) is 6.42 Å². The summed E-state index contributed by atoms with van der Waals surface area (Å²) >= 11 is 0. The Morgan fingerprint density at radius 3 is 2.16 bits per heavy atom. The van der Waals surface area contributed by atoms with Crippen LogP contribution in [0.25, 0.3) is 11.1 Å². The lowest BCUT2D eigenvalue weighted by molar-refractivity contribution is 0.518. The van der Waals surface area contributed by atoms with Gasteiger partial charge in [0.15, 0.2) is 0 Å². The molecule has 0 aliphatic rings. The van der Waals surface area contributed by atoms with Gasteiger partial charge in [-0.25, -0.2) is 0 Å². The first-order valence-corrected chi connectivity index (χ1v) is 6.51. The molecule has 3 aromatic rings. The highest BCUT2D eigenvalue weighted by molar-refractivity contribution is 5.67. The molecule has 0 unspecified atom stereocenters. The average molecular weight is 248 g/mol. The second kappa shape index (κ2) is 5.15. The van der Waals surface area contributed by atoms with Crippen LogP contribution in [0.3, 0.4) is 0 Å². The zero-order valence-corrected chi connectivity index (χ0v) is 11.0. The van der Waals surface area contributed by atoms with Crippen molar-refractivity contribution in [3.63, 3.8) is 0 Å². The Morgan fingerprint density at radius 2 is 1.47 bits per heavy atom. The summed E-state index contributed by atoms with van der Waals surface area (Å²) in [5.74, 6) is 1.05. The Balaban J connectivity index is 1.92. The van der Waals surface area contributed by atoms with E-state index in [0.717, 1.165) is 12.2 Å². The van der Waals surface area contributed by atoms with Gasteiger partial charge in [0.05, 0.1) is 6.26 Å². The zero-order valence-electron chi connectivity index (χ0n) is 11.0. The third-order valence-corrected chi connectivity index (χ3v) is 3.43. The smallest absolute Gasteiger partial charge is 0.111 e. The molecular weight excluding hydrogens is 232 g/mol. The van der Waals surface area contributed by atoms with Crippen molar-refractivity contribution in [2.75, 3.05) is 0 Å². The van der Waals surface area contributed by atoms with E-state index in [4.69, 9.17) is 4.42 Å². The summed E-state index contributed by atoms with van der Waals surface area (Å²) < 4.78 is 5.75. The van der Waals surface area contributed by atoms with E-state index in [-0.39, 0.29) is 0 Å². The van der Waals surface area contributed by atoms with Gasteiger partial charge < -0.3 is 4.42 Å². The summed E-state index contributed by atoms with van der Waals surface area (Å²) in [6, 6.07) is 20.8. The van der Waals surface area contributed by atoms with Crippen LogP contribution < -0.4 is 0 Å². The SMILES string of the molecule is Cc1c(-c2ccccc2)coc1Cc1ccccc1. The molecule has 0 radical (unpaired) electrons. The van der Waals surface area contributed by atoms with E-state index in [1.807, 2.05) is 18.4 Å². The number of rotatable bonds is 3. The maximum atomic E-state index is 5.75. The fourth-order valence-electron chi connectivity index (χ4n) is 2.31. The van der Waals surface area contributed by atoms with Crippen molar-refractivity contribution in [2.45, 2.75) is 13.3 Å². The predicted octanol–water partition coefficient (Wildman–Crippen LogP) is 4.85. The molecule has 1 aromatic heterocycles. The van der Waals surface area contributed by atoms with E-state index in [9.17, 15) is 0 Å². The highest BCUT2D eigenvalue weighted by Crippen LogP contribution is 2.28. The number of hydrogen-bond donors (Lipinski definition) is 0. The Kier molecular flexibility index (Phi) is 3.20. The Morgan fingerprint density at radius 1 is 0.842 bits per heavy atom. The lowest BCUT2D eigenvalue weighted by Gasteiger charge is -2.01. The van der Waals surface area contributed by atoms with E-state index in [1.54, 1.807) is 0 Å². The van der Waals surface area contributed by atoms with Crippen molar-refractivity contribution in [3.8, 4) is 11.1 Å². The monoisotopic (exact) mass is 248 g/mol. The molecule has 1 heteroatoms. The van der Waals surface area contributed by atoms with Gasteiger partial charge in [-0.2, -0.15) is 0 Å². The minimum Gasteiger partial charge on any atom is -0.468 e. The number of benzene rings is 2. The molecule has 0 N–H and O–H groups in total. The molecule has 94 valence electrons. The predicted molar refractivity (Wildman–Crippen MR) is 78.1 cm³/mol. The van der Waals surface area contributed by atoms with E-state index in [2.05, 4.69) is 55.5 Å². The molecule has 0 spiro atoms. The van der Waals surface area contributed by atoms with Gasteiger partial charge in [-0.1, -0.05) is 60.7 Å². The largest absolute Gasteiger partial charge is 0.468 e. The van der Waals surface area contributed by atoms with Crippen molar-refractivity contribution in [2.24, 2.45) is 0 Å². The van der Waals surface area contributed by atoms with E-state index >= 15 is 0 Å². The summed E-state index contributed by atoms with van der Waals surface area (Å²) in [4.78, 5) is 0. The Bertz CT molecular complexity index is 651. The molecule has 2 aromatic carbocycles. The van der Waals surface area contributed by atoms with Crippen LogP contribution >= 0.6 is 0 Å². The zero-order chi connectivity index (χ0) is 13.1. The summed E-state index contributed by atoms with van der Waals surface area (Å²) in [6.07, 6.45) is 2.71. The topological polar surface area (TPSA) is 13.1 Å². The molecule has 0 aliphatic heterocycles. The second-order valence-electron chi connectivity index (χ2n) is 4.73. The maximum Gasteiger partial charge on any atom is 0.111 e. The lowest BCUT2D eigenvalue weighted by Crippen LogP contribution is -1.88. The number of furan rings is 1. The Hall–Kier alpha value is -2.28. The van der Waals surface area contributed by atoms with Crippen LogP contribution in [0, 0.1) is 6.92 Å². The molecule has 0 bridgehead atoms. The first kappa shape index (κ1) is 11.8. The summed E-state index contributed by atoms with van der Waals surface area (Å²) in [7, 11) is 0. The average Bonchev–Trinajstić information content (AvgIpc) is 2.82. The van der Waals surface area contributed by atoms with Crippen LogP contribution in [0.2, 0.25) is 0 Å². The first-order valence-electron chi connectivity index (χ1n) is 6.51. The molecule has 19 heavy (non-hydrogen) atoms. The highest BCUT2D eigenvalue weighted by atomic mass is 16.3. The van der Waals surface area contributed by atoms with Crippen LogP contribution in [0.4, 0.5) is 0 Å². The van der Waals surface area contributed by atoms with Gasteiger partial charge >= 0.3 is 0 Å². The van der Waals surface area contributed by atoms with Crippen molar-refractivity contribution in [3.05, 3.63) is 83.8 Å². The molecule has 0 fully saturated rings. The minimum absolute atomic E-state index is 0.847. The van der Waals surface area contributed by atoms with Gasteiger partial charge in [-0.15, -0.1) is 0 Å². The molecular formula is C18H16O. The van der Waals surface area contributed by atoms with E-state index < -0.39 is 0 Å². The minimum atomic E-state index is 0.847. The molecule has 1 nitrogen and oxygen atoms in total. The maximum absolute atomic E-state index is 5.75. The van der Waals surface area contributed by atoms with Crippen LogP contribution in [-0.4, -0.2) is 0 Å². The van der Waals surface area contributed by atoms with Gasteiger partial charge in [0, 0.05) is 12.0 Å². The van der Waals surface area contributed by atoms with Gasteiger partial charge in [0.25, 0.3) is 0 Å². The summed E-state index contributed by atoms with van der Waals surface area (Å²) in [5.41, 5.74) is 4.91. The van der Waals surface area contributed by atoms with Crippen molar-refractivity contribution in [1.82, 2.24) is 0 Å². The molecule has 0 atom stereocenters. The molecule has 1 heterocycles.